The van der Waals surface area contributed by atoms with Crippen molar-refractivity contribution < 1.29 is 10.2 Å². The molecule has 2 aromatic carbocycles. The van der Waals surface area contributed by atoms with Crippen molar-refractivity contribution in [2.24, 2.45) is 0 Å². The van der Waals surface area contributed by atoms with E-state index in [9.17, 15) is 10.2 Å². The SMILES string of the molecule is CCCN(CCN1CCN(c2ccnc3c(O)cccc23)CC1)[C@H]1CCc2c(O)cccc2C1. The monoisotopic (exact) mass is 460 g/mol. The molecule has 180 valence electrons. The van der Waals surface area contributed by atoms with Crippen molar-refractivity contribution in [3.8, 4) is 11.5 Å². The van der Waals surface area contributed by atoms with Crippen LogP contribution in [0.3, 0.4) is 0 Å². The quantitative estimate of drug-likeness (QED) is 0.555. The van der Waals surface area contributed by atoms with Crippen LogP contribution in [0.1, 0.15) is 30.9 Å². The summed E-state index contributed by atoms with van der Waals surface area (Å²) in [6.45, 7) is 9.65. The van der Waals surface area contributed by atoms with Gasteiger partial charge in [0, 0.05) is 62.6 Å². The molecule has 0 amide bonds. The van der Waals surface area contributed by atoms with Crippen molar-refractivity contribution in [1.29, 1.82) is 0 Å². The molecule has 5 rings (SSSR count). The van der Waals surface area contributed by atoms with Crippen LogP contribution in [-0.4, -0.2) is 76.9 Å². The summed E-state index contributed by atoms with van der Waals surface area (Å²) < 4.78 is 0. The van der Waals surface area contributed by atoms with Crippen LogP contribution in [0.25, 0.3) is 10.9 Å². The van der Waals surface area contributed by atoms with Crippen LogP contribution < -0.4 is 4.90 Å². The fourth-order valence-corrected chi connectivity index (χ4v) is 5.75. The molecule has 1 aliphatic heterocycles. The number of pyridine rings is 1. The first-order chi connectivity index (χ1) is 16.6. The number of phenols is 2. The van der Waals surface area contributed by atoms with E-state index in [-0.39, 0.29) is 5.75 Å². The molecular weight excluding hydrogens is 424 g/mol. The summed E-state index contributed by atoms with van der Waals surface area (Å²) in [4.78, 5) is 12.1. The van der Waals surface area contributed by atoms with E-state index >= 15 is 0 Å². The summed E-state index contributed by atoms with van der Waals surface area (Å²) in [7, 11) is 0. The van der Waals surface area contributed by atoms with Crippen molar-refractivity contribution in [2.75, 3.05) is 50.7 Å². The lowest BCUT2D eigenvalue weighted by Gasteiger charge is -2.39. The Morgan fingerprint density at radius 1 is 0.971 bits per heavy atom. The highest BCUT2D eigenvalue weighted by atomic mass is 16.3. The maximum Gasteiger partial charge on any atom is 0.141 e. The molecule has 34 heavy (non-hydrogen) atoms. The summed E-state index contributed by atoms with van der Waals surface area (Å²) in [6.07, 6.45) is 6.11. The average Bonchev–Trinajstić information content (AvgIpc) is 2.87. The van der Waals surface area contributed by atoms with Crippen molar-refractivity contribution in [3.05, 3.63) is 59.8 Å². The zero-order chi connectivity index (χ0) is 23.5. The first-order valence-electron chi connectivity index (χ1n) is 12.7. The largest absolute Gasteiger partial charge is 0.508 e. The normalized spacial score (nSPS) is 19.0. The molecule has 2 heterocycles. The van der Waals surface area contributed by atoms with E-state index in [2.05, 4.69) is 44.8 Å². The number of nitrogens with zero attached hydrogens (tertiary/aromatic N) is 4. The standard InChI is InChI=1S/C28H36N4O2/c1-2-13-31(22-9-10-23-21(20-22)5-3-7-26(23)33)17-14-30-15-18-32(19-16-30)25-11-12-29-28-24(25)6-4-8-27(28)34/h3-8,11-12,22,33-34H,2,9-10,13-20H2,1H3/t22-/m0/s1. The minimum atomic E-state index is 0.245. The predicted molar refractivity (Wildman–Crippen MR) is 138 cm³/mol. The van der Waals surface area contributed by atoms with Gasteiger partial charge < -0.3 is 15.1 Å². The number of benzene rings is 2. The van der Waals surface area contributed by atoms with Crippen LogP contribution in [-0.2, 0) is 12.8 Å². The molecular formula is C28H36N4O2. The predicted octanol–water partition coefficient (Wildman–Crippen LogP) is 4.04. The molecule has 1 aliphatic carbocycles. The maximum absolute atomic E-state index is 10.2. The smallest absolute Gasteiger partial charge is 0.141 e. The van der Waals surface area contributed by atoms with Gasteiger partial charge in [-0.2, -0.15) is 0 Å². The van der Waals surface area contributed by atoms with Crippen molar-refractivity contribution in [3.63, 3.8) is 0 Å². The summed E-state index contributed by atoms with van der Waals surface area (Å²) in [6, 6.07) is 14.3. The summed E-state index contributed by atoms with van der Waals surface area (Å²) in [5.41, 5.74) is 4.32. The minimum Gasteiger partial charge on any atom is -0.508 e. The second-order valence-corrected chi connectivity index (χ2v) is 9.68. The number of anilines is 1. The zero-order valence-electron chi connectivity index (χ0n) is 20.2. The molecule has 1 saturated heterocycles. The van der Waals surface area contributed by atoms with Crippen molar-refractivity contribution in [1.82, 2.24) is 14.8 Å². The maximum atomic E-state index is 10.2. The number of hydrogen-bond acceptors (Lipinski definition) is 6. The van der Waals surface area contributed by atoms with Crippen LogP contribution in [0.15, 0.2) is 48.7 Å². The van der Waals surface area contributed by atoms with Gasteiger partial charge in [-0.05, 0) is 61.6 Å². The van der Waals surface area contributed by atoms with E-state index in [1.165, 1.54) is 12.0 Å². The number of aromatic hydroxyl groups is 2. The molecule has 6 nitrogen and oxygen atoms in total. The van der Waals surface area contributed by atoms with Gasteiger partial charge in [-0.15, -0.1) is 0 Å². The van der Waals surface area contributed by atoms with Gasteiger partial charge in [0.2, 0.25) is 0 Å². The Morgan fingerprint density at radius 2 is 1.76 bits per heavy atom. The van der Waals surface area contributed by atoms with Crippen LogP contribution in [0.4, 0.5) is 5.69 Å². The molecule has 1 atom stereocenters. The van der Waals surface area contributed by atoms with Crippen LogP contribution >= 0.6 is 0 Å². The molecule has 0 radical (unpaired) electrons. The second kappa shape index (κ2) is 10.2. The highest BCUT2D eigenvalue weighted by Crippen LogP contribution is 2.32. The lowest BCUT2D eigenvalue weighted by molar-refractivity contribution is 0.145. The summed E-state index contributed by atoms with van der Waals surface area (Å²) >= 11 is 0. The molecule has 6 heteroatoms. The molecule has 0 bridgehead atoms. The third kappa shape index (κ3) is 4.70. The lowest BCUT2D eigenvalue weighted by atomic mass is 9.87. The number of piperazine rings is 1. The summed E-state index contributed by atoms with van der Waals surface area (Å²) in [5.74, 6) is 0.711. The number of hydrogen-bond donors (Lipinski definition) is 2. The Morgan fingerprint density at radius 3 is 2.59 bits per heavy atom. The van der Waals surface area contributed by atoms with Gasteiger partial charge in [-0.1, -0.05) is 31.2 Å². The van der Waals surface area contributed by atoms with E-state index < -0.39 is 0 Å². The van der Waals surface area contributed by atoms with Gasteiger partial charge in [0.05, 0.1) is 0 Å². The first kappa shape index (κ1) is 22.9. The number of aromatic nitrogens is 1. The fourth-order valence-electron chi connectivity index (χ4n) is 5.75. The van der Waals surface area contributed by atoms with Gasteiger partial charge in [0.25, 0.3) is 0 Å². The number of rotatable bonds is 7. The van der Waals surface area contributed by atoms with Crippen LogP contribution in [0.2, 0.25) is 0 Å². The third-order valence-corrected chi connectivity index (χ3v) is 7.60. The Hall–Kier alpha value is -2.83. The topological polar surface area (TPSA) is 63.1 Å². The zero-order valence-corrected chi connectivity index (χ0v) is 20.2. The van der Waals surface area contributed by atoms with Gasteiger partial charge in [0.15, 0.2) is 0 Å². The molecule has 0 saturated carbocycles. The van der Waals surface area contributed by atoms with Crippen molar-refractivity contribution in [2.45, 2.75) is 38.6 Å². The molecule has 1 aromatic heterocycles. The van der Waals surface area contributed by atoms with Crippen molar-refractivity contribution >= 4 is 16.6 Å². The first-order valence-corrected chi connectivity index (χ1v) is 12.7. The Labute approximate surface area is 202 Å². The fraction of sp³-hybridized carbons (Fsp3) is 0.464. The average molecular weight is 461 g/mol. The van der Waals surface area contributed by atoms with Gasteiger partial charge in [-0.25, -0.2) is 0 Å². The van der Waals surface area contributed by atoms with Crippen LogP contribution in [0, 0.1) is 0 Å². The number of para-hydroxylation sites is 1. The Kier molecular flexibility index (Phi) is 6.88. The molecule has 0 unspecified atom stereocenters. The van der Waals surface area contributed by atoms with E-state index in [0.29, 0.717) is 17.3 Å². The summed E-state index contributed by atoms with van der Waals surface area (Å²) in [5, 5.41) is 21.4. The van der Waals surface area contributed by atoms with Crippen LogP contribution in [0.5, 0.6) is 11.5 Å². The second-order valence-electron chi connectivity index (χ2n) is 9.68. The Bertz CT molecular complexity index is 1130. The molecule has 0 spiro atoms. The third-order valence-electron chi connectivity index (χ3n) is 7.60. The van der Waals surface area contributed by atoms with E-state index in [0.717, 1.165) is 81.7 Å². The van der Waals surface area contributed by atoms with Gasteiger partial charge >= 0.3 is 0 Å². The number of phenolic OH excluding ortho intramolecular Hbond substituents is 2. The highest BCUT2D eigenvalue weighted by molar-refractivity contribution is 5.94. The molecule has 1 fully saturated rings. The molecule has 2 N–H and O–H groups in total. The number of fused-ring (bicyclic) bond motifs is 2. The lowest BCUT2D eigenvalue weighted by Crippen LogP contribution is -2.50. The van der Waals surface area contributed by atoms with Gasteiger partial charge in [0.1, 0.15) is 17.0 Å². The molecule has 3 aromatic rings. The molecule has 2 aliphatic rings. The Balaban J connectivity index is 1.18. The van der Waals surface area contributed by atoms with E-state index in [4.69, 9.17) is 0 Å². The minimum absolute atomic E-state index is 0.245. The van der Waals surface area contributed by atoms with E-state index in [1.807, 2.05) is 18.2 Å². The highest BCUT2D eigenvalue weighted by Gasteiger charge is 2.26. The van der Waals surface area contributed by atoms with Gasteiger partial charge in [-0.3, -0.25) is 14.8 Å². The van der Waals surface area contributed by atoms with E-state index in [1.54, 1.807) is 12.3 Å².